The highest BCUT2D eigenvalue weighted by atomic mass is 32.1. The monoisotopic (exact) mass is 545 g/mol. The van der Waals surface area contributed by atoms with Gasteiger partial charge in [-0.3, -0.25) is 9.59 Å². The number of aliphatic carboxylic acids is 1. The third kappa shape index (κ3) is 4.88. The molecule has 8 heteroatoms. The highest BCUT2D eigenvalue weighted by Gasteiger charge is 2.58. The summed E-state index contributed by atoms with van der Waals surface area (Å²) in [5, 5.41) is 12.4. The van der Waals surface area contributed by atoms with Gasteiger partial charge < -0.3 is 10.0 Å². The van der Waals surface area contributed by atoms with Gasteiger partial charge in [0.05, 0.1) is 12.0 Å². The van der Waals surface area contributed by atoms with Crippen molar-refractivity contribution in [2.45, 2.75) is 31.8 Å². The number of ketones is 1. The van der Waals surface area contributed by atoms with Crippen molar-refractivity contribution in [3.8, 4) is 0 Å². The molecular formula is C31H25F2NO4S. The van der Waals surface area contributed by atoms with E-state index in [1.165, 1.54) is 58.7 Å². The van der Waals surface area contributed by atoms with Crippen LogP contribution in [-0.4, -0.2) is 33.7 Å². The van der Waals surface area contributed by atoms with E-state index in [0.29, 0.717) is 16.0 Å². The van der Waals surface area contributed by atoms with Crippen LogP contribution in [0.5, 0.6) is 0 Å². The molecule has 1 aliphatic heterocycles. The normalized spacial score (nSPS) is 20.7. The zero-order valence-electron chi connectivity index (χ0n) is 21.2. The lowest BCUT2D eigenvalue weighted by molar-refractivity contribution is -0.142. The van der Waals surface area contributed by atoms with Crippen molar-refractivity contribution in [3.05, 3.63) is 129 Å². The number of thiophene rings is 1. The Morgan fingerprint density at radius 1 is 0.846 bits per heavy atom. The second kappa shape index (κ2) is 10.5. The first-order valence-electron chi connectivity index (χ1n) is 12.4. The van der Waals surface area contributed by atoms with Crippen molar-refractivity contribution < 1.29 is 28.3 Å². The summed E-state index contributed by atoms with van der Waals surface area (Å²) in [6, 6.07) is 16.8. The van der Waals surface area contributed by atoms with Crippen molar-refractivity contribution in [1.29, 1.82) is 0 Å². The molecule has 1 aromatic heterocycles. The fourth-order valence-corrected chi connectivity index (χ4v) is 6.63. The van der Waals surface area contributed by atoms with Crippen molar-refractivity contribution in [2.24, 2.45) is 5.92 Å². The van der Waals surface area contributed by atoms with E-state index in [-0.39, 0.29) is 11.3 Å². The molecule has 1 N–H and O–H groups in total. The number of halogens is 2. The first-order chi connectivity index (χ1) is 18.7. The summed E-state index contributed by atoms with van der Waals surface area (Å²) in [4.78, 5) is 43.2. The number of amides is 1. The molecule has 1 fully saturated rings. The minimum atomic E-state index is -1.48. The molecule has 5 rings (SSSR count). The van der Waals surface area contributed by atoms with Crippen LogP contribution < -0.4 is 0 Å². The maximum Gasteiger partial charge on any atom is 0.327 e. The quantitative estimate of drug-likeness (QED) is 0.278. The zero-order chi connectivity index (χ0) is 27.8. The Hall–Kier alpha value is -4.17. The van der Waals surface area contributed by atoms with Crippen LogP contribution in [0.4, 0.5) is 8.78 Å². The Balaban J connectivity index is 1.78. The van der Waals surface area contributed by atoms with Gasteiger partial charge in [-0.2, -0.15) is 0 Å². The van der Waals surface area contributed by atoms with E-state index in [1.807, 2.05) is 31.4 Å². The summed E-state index contributed by atoms with van der Waals surface area (Å²) in [7, 11) is 0. The van der Waals surface area contributed by atoms with Gasteiger partial charge >= 0.3 is 5.97 Å². The van der Waals surface area contributed by atoms with Gasteiger partial charge in [0.15, 0.2) is 5.78 Å². The Labute approximate surface area is 228 Å². The first-order valence-corrected chi connectivity index (χ1v) is 13.3. The second-order valence-corrected chi connectivity index (χ2v) is 10.7. The van der Waals surface area contributed by atoms with Crippen LogP contribution in [0.15, 0.2) is 84.2 Å². The van der Waals surface area contributed by atoms with E-state index < -0.39 is 47.4 Å². The molecule has 1 aliphatic rings. The van der Waals surface area contributed by atoms with E-state index in [2.05, 4.69) is 0 Å². The van der Waals surface area contributed by atoms with Gasteiger partial charge in [0.25, 0.3) is 5.91 Å². The second-order valence-electron chi connectivity index (χ2n) is 9.76. The van der Waals surface area contributed by atoms with Crippen molar-refractivity contribution in [1.82, 2.24) is 4.90 Å². The smallest absolute Gasteiger partial charge is 0.327 e. The van der Waals surface area contributed by atoms with Gasteiger partial charge in [0.2, 0.25) is 0 Å². The SMILES string of the molecule is Cc1cccc(C(=O)C2C(c3ccc(F)cc3)C(C(=O)O)N(C(=O)c3cccc(F)c3)C2c2sccc2C)c1. The van der Waals surface area contributed by atoms with E-state index in [1.54, 1.807) is 18.2 Å². The number of hydrogen-bond acceptors (Lipinski definition) is 4. The number of likely N-dealkylation sites (tertiary alicyclic amines) is 1. The number of carbonyl (C=O) groups excluding carboxylic acids is 2. The molecule has 0 spiro atoms. The summed E-state index contributed by atoms with van der Waals surface area (Å²) in [5.41, 5.74) is 2.43. The third-order valence-corrected chi connectivity index (χ3v) is 8.35. The lowest BCUT2D eigenvalue weighted by Crippen LogP contribution is -2.43. The number of hydrogen-bond donors (Lipinski definition) is 1. The van der Waals surface area contributed by atoms with Crippen molar-refractivity contribution in [2.75, 3.05) is 0 Å². The number of carboxylic acid groups (broad SMARTS) is 1. The summed E-state index contributed by atoms with van der Waals surface area (Å²) in [6.07, 6.45) is 0. The molecule has 0 aliphatic carbocycles. The van der Waals surface area contributed by atoms with Gasteiger partial charge in [-0.25, -0.2) is 13.6 Å². The maximum atomic E-state index is 14.3. The predicted octanol–water partition coefficient (Wildman–Crippen LogP) is 6.58. The van der Waals surface area contributed by atoms with Gasteiger partial charge in [-0.1, -0.05) is 42.0 Å². The largest absolute Gasteiger partial charge is 0.480 e. The van der Waals surface area contributed by atoms with Gasteiger partial charge in [0, 0.05) is 21.9 Å². The van der Waals surface area contributed by atoms with Crippen LogP contribution in [0.2, 0.25) is 0 Å². The molecule has 4 atom stereocenters. The Morgan fingerprint density at radius 3 is 2.15 bits per heavy atom. The summed E-state index contributed by atoms with van der Waals surface area (Å²) < 4.78 is 28.1. The number of carbonyl (C=O) groups is 3. The molecule has 1 amide bonds. The summed E-state index contributed by atoms with van der Waals surface area (Å²) >= 11 is 1.33. The van der Waals surface area contributed by atoms with Gasteiger partial charge in [-0.15, -0.1) is 11.3 Å². The summed E-state index contributed by atoms with van der Waals surface area (Å²) in [6.45, 7) is 3.69. The number of aryl methyl sites for hydroxylation is 2. The van der Waals surface area contributed by atoms with E-state index in [4.69, 9.17) is 0 Å². The molecule has 4 aromatic rings. The minimum Gasteiger partial charge on any atom is -0.480 e. The molecule has 2 heterocycles. The first kappa shape index (κ1) is 26.4. The number of nitrogens with zero attached hydrogens (tertiary/aromatic N) is 1. The zero-order valence-corrected chi connectivity index (χ0v) is 22.0. The fourth-order valence-electron chi connectivity index (χ4n) is 5.56. The third-order valence-electron chi connectivity index (χ3n) is 7.26. The molecule has 39 heavy (non-hydrogen) atoms. The van der Waals surface area contributed by atoms with E-state index in [9.17, 15) is 28.3 Å². The van der Waals surface area contributed by atoms with Crippen LogP contribution in [0.25, 0.3) is 0 Å². The van der Waals surface area contributed by atoms with Crippen LogP contribution in [0, 0.1) is 31.4 Å². The van der Waals surface area contributed by atoms with E-state index >= 15 is 0 Å². The highest BCUT2D eigenvalue weighted by molar-refractivity contribution is 7.10. The van der Waals surface area contributed by atoms with Crippen LogP contribution in [0.1, 0.15) is 54.2 Å². The number of Topliss-reactive ketones (excluding diaryl/α,β-unsaturated/α-hetero) is 1. The number of benzene rings is 3. The molecule has 0 saturated carbocycles. The van der Waals surface area contributed by atoms with Crippen LogP contribution in [-0.2, 0) is 4.79 Å². The average Bonchev–Trinajstić information content (AvgIpc) is 3.49. The Bertz CT molecular complexity index is 1560. The predicted molar refractivity (Wildman–Crippen MR) is 144 cm³/mol. The number of rotatable bonds is 6. The van der Waals surface area contributed by atoms with Gasteiger partial charge in [0.1, 0.15) is 17.7 Å². The maximum absolute atomic E-state index is 14.3. The van der Waals surface area contributed by atoms with Crippen molar-refractivity contribution in [3.63, 3.8) is 0 Å². The molecule has 0 radical (unpaired) electrons. The molecule has 5 nitrogen and oxygen atoms in total. The molecule has 1 saturated heterocycles. The van der Waals surface area contributed by atoms with Crippen molar-refractivity contribution >= 4 is 29.0 Å². The van der Waals surface area contributed by atoms with Gasteiger partial charge in [-0.05, 0) is 72.8 Å². The number of carboxylic acids is 1. The van der Waals surface area contributed by atoms with Crippen LogP contribution in [0.3, 0.4) is 0 Å². The molecular weight excluding hydrogens is 520 g/mol. The average molecular weight is 546 g/mol. The standard InChI is InChI=1S/C31H25F2NO4S/c1-17-5-3-6-20(15-17)28(35)25-24(19-9-11-22(32)12-10-19)27(31(37)38)34(26(25)29-18(2)13-14-39-29)30(36)21-7-4-8-23(33)16-21/h3-16,24-27H,1-2H3,(H,37,38). The Morgan fingerprint density at radius 2 is 1.54 bits per heavy atom. The summed E-state index contributed by atoms with van der Waals surface area (Å²) in [5.74, 6) is -5.50. The topological polar surface area (TPSA) is 74.7 Å². The minimum absolute atomic E-state index is 0.0260. The lowest BCUT2D eigenvalue weighted by atomic mass is 9.77. The van der Waals surface area contributed by atoms with Crippen LogP contribution >= 0.6 is 11.3 Å². The molecule has 0 bridgehead atoms. The lowest BCUT2D eigenvalue weighted by Gasteiger charge is -2.30. The van der Waals surface area contributed by atoms with E-state index in [0.717, 1.165) is 17.2 Å². The molecule has 198 valence electrons. The fraction of sp³-hybridized carbons (Fsp3) is 0.194. The molecule has 3 aromatic carbocycles. The Kier molecular flexibility index (Phi) is 7.14. The molecule has 4 unspecified atom stereocenters. The highest BCUT2D eigenvalue weighted by Crippen LogP contribution is 2.53.